The van der Waals surface area contributed by atoms with E-state index < -0.39 is 0 Å². The van der Waals surface area contributed by atoms with Crippen LogP contribution in [0.1, 0.15) is 12.6 Å². The molecule has 1 aliphatic heterocycles. The maximum Gasteiger partial charge on any atom is 0.177 e. The standard InChI is InChI=1S/C11H19N3OS/c1-3-9-6-12-11(16)14(9)8-10-7-13(2)4-5-15-10/h6,10H,3-5,7-8H2,1-2H3,(H,12,16). The largest absolute Gasteiger partial charge is 0.374 e. The summed E-state index contributed by atoms with van der Waals surface area (Å²) in [5, 5.41) is 0. The van der Waals surface area contributed by atoms with E-state index in [0.717, 1.165) is 37.4 Å². The van der Waals surface area contributed by atoms with E-state index in [4.69, 9.17) is 17.0 Å². The third-order valence-electron chi connectivity index (χ3n) is 3.04. The lowest BCUT2D eigenvalue weighted by Gasteiger charge is -2.30. The van der Waals surface area contributed by atoms with Crippen molar-refractivity contribution in [2.75, 3.05) is 26.7 Å². The lowest BCUT2D eigenvalue weighted by molar-refractivity contribution is -0.0279. The summed E-state index contributed by atoms with van der Waals surface area (Å²) < 4.78 is 8.71. The van der Waals surface area contributed by atoms with Crippen LogP contribution in [0.25, 0.3) is 0 Å². The first-order valence-corrected chi connectivity index (χ1v) is 6.18. The number of aromatic amines is 1. The molecule has 1 unspecified atom stereocenters. The van der Waals surface area contributed by atoms with Crippen LogP contribution >= 0.6 is 12.2 Å². The molecule has 1 aromatic rings. The Morgan fingerprint density at radius 3 is 3.12 bits per heavy atom. The van der Waals surface area contributed by atoms with Crippen molar-refractivity contribution in [3.05, 3.63) is 16.7 Å². The maximum absolute atomic E-state index is 5.75. The Bertz CT molecular complexity index is 398. The zero-order chi connectivity index (χ0) is 11.5. The summed E-state index contributed by atoms with van der Waals surface area (Å²) in [5.41, 5.74) is 1.25. The monoisotopic (exact) mass is 241 g/mol. The third kappa shape index (κ3) is 2.53. The first-order valence-electron chi connectivity index (χ1n) is 5.78. The van der Waals surface area contributed by atoms with Crippen molar-refractivity contribution < 1.29 is 4.74 Å². The van der Waals surface area contributed by atoms with Gasteiger partial charge in [-0.15, -0.1) is 0 Å². The van der Waals surface area contributed by atoms with Gasteiger partial charge in [-0.1, -0.05) is 6.92 Å². The van der Waals surface area contributed by atoms with Gasteiger partial charge in [0.05, 0.1) is 19.3 Å². The van der Waals surface area contributed by atoms with Crippen LogP contribution in [0.2, 0.25) is 0 Å². The summed E-state index contributed by atoms with van der Waals surface area (Å²) in [6, 6.07) is 0. The van der Waals surface area contributed by atoms with Crippen molar-refractivity contribution in [3.8, 4) is 0 Å². The van der Waals surface area contributed by atoms with Crippen molar-refractivity contribution >= 4 is 12.2 Å². The topological polar surface area (TPSA) is 33.2 Å². The quantitative estimate of drug-likeness (QED) is 0.813. The molecule has 1 saturated heterocycles. The summed E-state index contributed by atoms with van der Waals surface area (Å²) in [4.78, 5) is 5.40. The predicted octanol–water partition coefficient (Wildman–Crippen LogP) is 1.44. The van der Waals surface area contributed by atoms with E-state index in [0.29, 0.717) is 0 Å². The van der Waals surface area contributed by atoms with Crippen molar-refractivity contribution in [2.24, 2.45) is 0 Å². The Balaban J connectivity index is 2.07. The zero-order valence-electron chi connectivity index (χ0n) is 9.90. The number of nitrogens with zero attached hydrogens (tertiary/aromatic N) is 2. The van der Waals surface area contributed by atoms with Gasteiger partial charge in [0.2, 0.25) is 0 Å². The molecule has 2 rings (SSSR count). The molecule has 0 radical (unpaired) electrons. The zero-order valence-corrected chi connectivity index (χ0v) is 10.7. The number of likely N-dealkylation sites (N-methyl/N-ethyl adjacent to an activating group) is 1. The molecule has 0 amide bonds. The molecule has 5 heteroatoms. The molecule has 0 spiro atoms. The molecule has 1 fully saturated rings. The van der Waals surface area contributed by atoms with Gasteiger partial charge in [-0.3, -0.25) is 0 Å². The fourth-order valence-corrected chi connectivity index (χ4v) is 2.36. The lowest BCUT2D eigenvalue weighted by Crippen LogP contribution is -2.42. The van der Waals surface area contributed by atoms with E-state index >= 15 is 0 Å². The molecule has 1 aromatic heterocycles. The van der Waals surface area contributed by atoms with Crippen LogP contribution in [0.3, 0.4) is 0 Å². The molecule has 1 N–H and O–H groups in total. The van der Waals surface area contributed by atoms with E-state index in [2.05, 4.69) is 28.4 Å². The molecule has 0 bridgehead atoms. The number of H-pyrrole nitrogens is 1. The van der Waals surface area contributed by atoms with Crippen LogP contribution in [0.4, 0.5) is 0 Å². The number of ether oxygens (including phenoxy) is 1. The Labute approximate surface area is 101 Å². The van der Waals surface area contributed by atoms with Crippen molar-refractivity contribution in [1.82, 2.24) is 14.5 Å². The number of aryl methyl sites for hydroxylation is 1. The van der Waals surface area contributed by atoms with Gasteiger partial charge in [0.1, 0.15) is 0 Å². The van der Waals surface area contributed by atoms with Crippen molar-refractivity contribution in [1.29, 1.82) is 0 Å². The number of imidazole rings is 1. The van der Waals surface area contributed by atoms with Gasteiger partial charge in [-0.2, -0.15) is 0 Å². The van der Waals surface area contributed by atoms with Crippen LogP contribution in [0, 0.1) is 4.77 Å². The molecular weight excluding hydrogens is 222 g/mol. The number of hydrogen-bond acceptors (Lipinski definition) is 3. The van der Waals surface area contributed by atoms with Crippen LogP contribution in [0.5, 0.6) is 0 Å². The summed E-state index contributed by atoms with van der Waals surface area (Å²) in [6.45, 7) is 5.82. The van der Waals surface area contributed by atoms with Gasteiger partial charge < -0.3 is 19.2 Å². The van der Waals surface area contributed by atoms with E-state index in [-0.39, 0.29) is 6.10 Å². The minimum atomic E-state index is 0.256. The van der Waals surface area contributed by atoms with E-state index in [1.54, 1.807) is 0 Å². The van der Waals surface area contributed by atoms with Gasteiger partial charge >= 0.3 is 0 Å². The van der Waals surface area contributed by atoms with E-state index in [9.17, 15) is 0 Å². The van der Waals surface area contributed by atoms with E-state index in [1.807, 2.05) is 6.20 Å². The molecule has 0 saturated carbocycles. The minimum Gasteiger partial charge on any atom is -0.374 e. The van der Waals surface area contributed by atoms with Gasteiger partial charge in [-0.05, 0) is 25.7 Å². The Hall–Kier alpha value is -0.650. The number of hydrogen-bond donors (Lipinski definition) is 1. The Morgan fingerprint density at radius 2 is 2.44 bits per heavy atom. The van der Waals surface area contributed by atoms with Crippen LogP contribution in [-0.2, 0) is 17.7 Å². The van der Waals surface area contributed by atoms with Crippen molar-refractivity contribution in [3.63, 3.8) is 0 Å². The average molecular weight is 241 g/mol. The highest BCUT2D eigenvalue weighted by Crippen LogP contribution is 2.09. The summed E-state index contributed by atoms with van der Waals surface area (Å²) in [7, 11) is 2.13. The third-order valence-corrected chi connectivity index (χ3v) is 3.38. The fourth-order valence-electron chi connectivity index (χ4n) is 2.11. The second-order valence-corrected chi connectivity index (χ2v) is 4.69. The predicted molar refractivity (Wildman–Crippen MR) is 66.2 cm³/mol. The second kappa shape index (κ2) is 5.12. The molecule has 90 valence electrons. The normalized spacial score (nSPS) is 22.5. The fraction of sp³-hybridized carbons (Fsp3) is 0.727. The molecule has 2 heterocycles. The smallest absolute Gasteiger partial charge is 0.177 e. The first kappa shape index (κ1) is 11.8. The SMILES string of the molecule is CCc1c[nH]c(=S)n1CC1CN(C)CCO1. The van der Waals surface area contributed by atoms with Crippen molar-refractivity contribution in [2.45, 2.75) is 26.0 Å². The highest BCUT2D eigenvalue weighted by atomic mass is 32.1. The molecule has 1 atom stereocenters. The molecule has 4 nitrogen and oxygen atoms in total. The highest BCUT2D eigenvalue weighted by molar-refractivity contribution is 7.71. The van der Waals surface area contributed by atoms with Gasteiger partial charge in [0, 0.05) is 25.0 Å². The Morgan fingerprint density at radius 1 is 1.62 bits per heavy atom. The lowest BCUT2D eigenvalue weighted by atomic mass is 10.2. The summed E-state index contributed by atoms with van der Waals surface area (Å²) in [6.07, 6.45) is 3.25. The average Bonchev–Trinajstić information content (AvgIpc) is 2.60. The number of aromatic nitrogens is 2. The molecule has 16 heavy (non-hydrogen) atoms. The first-order chi connectivity index (χ1) is 7.70. The van der Waals surface area contributed by atoms with Crippen LogP contribution in [0.15, 0.2) is 6.20 Å². The molecule has 0 aromatic carbocycles. The molecule has 0 aliphatic carbocycles. The Kier molecular flexibility index (Phi) is 3.78. The minimum absolute atomic E-state index is 0.256. The molecule has 1 aliphatic rings. The summed E-state index contributed by atoms with van der Waals surface area (Å²) in [5.74, 6) is 0. The van der Waals surface area contributed by atoms with Gasteiger partial charge in [0.15, 0.2) is 4.77 Å². The number of morpholine rings is 1. The maximum atomic E-state index is 5.75. The van der Waals surface area contributed by atoms with Gasteiger partial charge in [-0.25, -0.2) is 0 Å². The molecular formula is C11H19N3OS. The number of rotatable bonds is 3. The second-order valence-electron chi connectivity index (χ2n) is 4.30. The van der Waals surface area contributed by atoms with Crippen LogP contribution < -0.4 is 0 Å². The highest BCUT2D eigenvalue weighted by Gasteiger charge is 2.19. The van der Waals surface area contributed by atoms with Gasteiger partial charge in [0.25, 0.3) is 0 Å². The van der Waals surface area contributed by atoms with Crippen LogP contribution in [-0.4, -0.2) is 47.3 Å². The van der Waals surface area contributed by atoms with E-state index in [1.165, 1.54) is 5.69 Å². The number of nitrogens with one attached hydrogen (secondary N) is 1. The summed E-state index contributed by atoms with van der Waals surface area (Å²) >= 11 is 5.28.